The molecule has 37 heavy (non-hydrogen) atoms. The second-order valence-electron chi connectivity index (χ2n) is 9.46. The third-order valence-electron chi connectivity index (χ3n) is 6.55. The Hall–Kier alpha value is -4.59. The minimum absolute atomic E-state index is 0.0204. The predicted octanol–water partition coefficient (Wildman–Crippen LogP) is 4.78. The van der Waals surface area contributed by atoms with Gasteiger partial charge in [-0.1, -0.05) is 62.4 Å². The maximum Gasteiger partial charge on any atom is 0.301 e. The van der Waals surface area contributed by atoms with Gasteiger partial charge < -0.3 is 9.67 Å². The molecule has 2 aromatic carbocycles. The van der Waals surface area contributed by atoms with Crippen LogP contribution >= 0.6 is 0 Å². The number of aliphatic hydroxyl groups is 1. The quantitative estimate of drug-likeness (QED) is 0.236. The molecule has 186 valence electrons. The lowest BCUT2D eigenvalue weighted by atomic mass is 9.93. The van der Waals surface area contributed by atoms with Crippen molar-refractivity contribution in [3.63, 3.8) is 0 Å². The lowest BCUT2D eigenvalue weighted by molar-refractivity contribution is -0.132. The summed E-state index contributed by atoms with van der Waals surface area (Å²) >= 11 is 0. The lowest BCUT2D eigenvalue weighted by Crippen LogP contribution is -2.30. The van der Waals surface area contributed by atoms with Crippen molar-refractivity contribution in [3.8, 4) is 0 Å². The number of hydrogen-bond acceptors (Lipinski definition) is 6. The molecule has 1 saturated heterocycles. The number of carbonyl (C=O) groups excluding carboxylic acids is 2. The summed E-state index contributed by atoms with van der Waals surface area (Å²) in [5.74, 6) is -1.17. The van der Waals surface area contributed by atoms with Crippen molar-refractivity contribution in [1.29, 1.82) is 0 Å². The topological polar surface area (TPSA) is 101 Å². The Balaban J connectivity index is 1.61. The molecule has 5 rings (SSSR count). The third kappa shape index (κ3) is 4.65. The molecule has 1 fully saturated rings. The summed E-state index contributed by atoms with van der Waals surface area (Å²) in [6, 6.07) is 17.5. The second kappa shape index (κ2) is 9.81. The van der Waals surface area contributed by atoms with Crippen molar-refractivity contribution < 1.29 is 14.7 Å². The molecule has 0 saturated carbocycles. The summed E-state index contributed by atoms with van der Waals surface area (Å²) in [6.45, 7) is 6.59. The number of aliphatic hydroxyl groups excluding tert-OH is 1. The van der Waals surface area contributed by atoms with E-state index in [1.165, 1.54) is 4.90 Å². The van der Waals surface area contributed by atoms with Crippen LogP contribution in [0.25, 0.3) is 5.76 Å². The van der Waals surface area contributed by atoms with Crippen LogP contribution in [-0.4, -0.2) is 36.5 Å². The second-order valence-corrected chi connectivity index (χ2v) is 9.46. The van der Waals surface area contributed by atoms with Gasteiger partial charge in [0.2, 0.25) is 0 Å². The zero-order valence-electron chi connectivity index (χ0n) is 20.9. The molecule has 1 unspecified atom stereocenters. The fraction of sp³-hybridized carbons (Fsp3) is 0.207. The van der Waals surface area contributed by atoms with Crippen LogP contribution in [0.15, 0.2) is 85.0 Å². The van der Waals surface area contributed by atoms with Crippen LogP contribution < -0.4 is 4.90 Å². The van der Waals surface area contributed by atoms with Gasteiger partial charge in [0.15, 0.2) is 5.82 Å². The number of aromatic nitrogens is 4. The molecule has 3 heterocycles. The van der Waals surface area contributed by atoms with Gasteiger partial charge in [0, 0.05) is 24.5 Å². The summed E-state index contributed by atoms with van der Waals surface area (Å²) in [5, 5.41) is 19.6. The molecule has 1 aliphatic rings. The van der Waals surface area contributed by atoms with E-state index in [0.29, 0.717) is 29.3 Å². The Morgan fingerprint density at radius 2 is 1.70 bits per heavy atom. The summed E-state index contributed by atoms with van der Waals surface area (Å²) in [5.41, 5.74) is 3.99. The smallest absolute Gasteiger partial charge is 0.301 e. The normalized spacial score (nSPS) is 17.1. The number of anilines is 1. The van der Waals surface area contributed by atoms with E-state index >= 15 is 0 Å². The Kier molecular flexibility index (Phi) is 6.40. The standard InChI is InChI=1S/C29H27N5O3/c1-18(2)21-9-11-23(12-10-21)27(35)25-26(22-7-5-20(6-8-22)16-33-15-14-30-17-33)34(29(37)28(25)36)24-13-4-19(3)31-32-24/h4-15,17-18,26,35H,16H2,1-3H3. The summed E-state index contributed by atoms with van der Waals surface area (Å²) in [4.78, 5) is 32.0. The summed E-state index contributed by atoms with van der Waals surface area (Å²) in [6.07, 6.45) is 5.34. The molecule has 2 aromatic heterocycles. The van der Waals surface area contributed by atoms with Crippen molar-refractivity contribution in [1.82, 2.24) is 19.7 Å². The van der Waals surface area contributed by atoms with Crippen LogP contribution in [0.4, 0.5) is 5.82 Å². The molecule has 8 nitrogen and oxygen atoms in total. The van der Waals surface area contributed by atoms with Crippen molar-refractivity contribution in [2.24, 2.45) is 0 Å². The van der Waals surface area contributed by atoms with E-state index in [1.807, 2.05) is 47.2 Å². The number of carbonyl (C=O) groups is 2. The van der Waals surface area contributed by atoms with Crippen LogP contribution in [0, 0.1) is 6.92 Å². The minimum atomic E-state index is -0.857. The summed E-state index contributed by atoms with van der Waals surface area (Å²) in [7, 11) is 0. The van der Waals surface area contributed by atoms with Crippen molar-refractivity contribution >= 4 is 23.3 Å². The molecule has 1 atom stereocenters. The van der Waals surface area contributed by atoms with Crippen molar-refractivity contribution in [2.75, 3.05) is 4.90 Å². The number of aryl methyl sites for hydroxylation is 1. The first kappa shape index (κ1) is 24.1. The van der Waals surface area contributed by atoms with Crippen LogP contribution in [0.5, 0.6) is 0 Å². The van der Waals surface area contributed by atoms with Gasteiger partial charge in [-0.15, -0.1) is 5.10 Å². The maximum absolute atomic E-state index is 13.3. The summed E-state index contributed by atoms with van der Waals surface area (Å²) < 4.78 is 1.95. The highest BCUT2D eigenvalue weighted by Crippen LogP contribution is 2.41. The highest BCUT2D eigenvalue weighted by Gasteiger charge is 2.47. The fourth-order valence-corrected chi connectivity index (χ4v) is 4.48. The molecule has 1 amide bonds. The van der Waals surface area contributed by atoms with E-state index in [9.17, 15) is 14.7 Å². The molecule has 8 heteroatoms. The SMILES string of the molecule is Cc1ccc(N2C(=O)C(=O)C(=C(O)c3ccc(C(C)C)cc3)C2c2ccc(Cn3ccnc3)cc2)nn1. The minimum Gasteiger partial charge on any atom is -0.507 e. The largest absolute Gasteiger partial charge is 0.507 e. The van der Waals surface area contributed by atoms with Crippen molar-refractivity contribution in [3.05, 3.63) is 113 Å². The fourth-order valence-electron chi connectivity index (χ4n) is 4.48. The molecule has 0 bridgehead atoms. The van der Waals surface area contributed by atoms with Crippen LogP contribution in [0.3, 0.4) is 0 Å². The first-order valence-electron chi connectivity index (χ1n) is 12.1. The monoisotopic (exact) mass is 493 g/mol. The first-order valence-corrected chi connectivity index (χ1v) is 12.1. The van der Waals surface area contributed by atoms with Gasteiger partial charge in [-0.05, 0) is 41.7 Å². The molecule has 1 N–H and O–H groups in total. The van der Waals surface area contributed by atoms with E-state index in [4.69, 9.17) is 0 Å². The average molecular weight is 494 g/mol. The Labute approximate surface area is 214 Å². The number of hydrogen-bond donors (Lipinski definition) is 1. The highest BCUT2D eigenvalue weighted by molar-refractivity contribution is 6.51. The van der Waals surface area contributed by atoms with Gasteiger partial charge in [-0.25, -0.2) is 4.98 Å². The molecular formula is C29H27N5O3. The van der Waals surface area contributed by atoms with Gasteiger partial charge in [-0.2, -0.15) is 5.10 Å². The van der Waals surface area contributed by atoms with Crippen LogP contribution in [0.2, 0.25) is 0 Å². The zero-order chi connectivity index (χ0) is 26.1. The number of benzene rings is 2. The number of rotatable bonds is 6. The van der Waals surface area contributed by atoms with Gasteiger partial charge >= 0.3 is 5.91 Å². The molecule has 0 spiro atoms. The molecule has 0 aliphatic carbocycles. The Morgan fingerprint density at radius 1 is 0.973 bits per heavy atom. The molecule has 1 aliphatic heterocycles. The predicted molar refractivity (Wildman–Crippen MR) is 140 cm³/mol. The van der Waals surface area contributed by atoms with E-state index in [-0.39, 0.29) is 17.2 Å². The molecule has 4 aromatic rings. The third-order valence-corrected chi connectivity index (χ3v) is 6.55. The van der Waals surface area contributed by atoms with Crippen molar-refractivity contribution in [2.45, 2.75) is 39.3 Å². The molecule has 0 radical (unpaired) electrons. The van der Waals surface area contributed by atoms with Crippen LogP contribution in [0.1, 0.15) is 53.8 Å². The van der Waals surface area contributed by atoms with Gasteiger partial charge in [0.1, 0.15) is 5.76 Å². The molecular weight excluding hydrogens is 466 g/mol. The Bertz CT molecular complexity index is 1460. The first-order chi connectivity index (χ1) is 17.8. The van der Waals surface area contributed by atoms with Gasteiger partial charge in [0.05, 0.1) is 23.6 Å². The van der Waals surface area contributed by atoms with E-state index in [1.54, 1.807) is 43.7 Å². The number of imidazole rings is 1. The Morgan fingerprint density at radius 3 is 2.30 bits per heavy atom. The maximum atomic E-state index is 13.3. The highest BCUT2D eigenvalue weighted by atomic mass is 16.3. The van der Waals surface area contributed by atoms with Gasteiger partial charge in [0.25, 0.3) is 5.78 Å². The average Bonchev–Trinajstić information content (AvgIpc) is 3.51. The van der Waals surface area contributed by atoms with E-state index < -0.39 is 17.7 Å². The van der Waals surface area contributed by atoms with E-state index in [0.717, 1.165) is 11.1 Å². The zero-order valence-corrected chi connectivity index (χ0v) is 20.9. The van der Waals surface area contributed by atoms with Crippen LogP contribution in [-0.2, 0) is 16.1 Å². The van der Waals surface area contributed by atoms with E-state index in [2.05, 4.69) is 29.0 Å². The van der Waals surface area contributed by atoms with Gasteiger partial charge in [-0.3, -0.25) is 14.5 Å². The lowest BCUT2D eigenvalue weighted by Gasteiger charge is -2.24. The number of amides is 1. The number of Topliss-reactive ketones (excluding diaryl/α,β-unsaturated/α-hetero) is 1. The number of ketones is 1. The number of nitrogens with zero attached hydrogens (tertiary/aromatic N) is 5.